The Kier molecular flexibility index (Phi) is 7.23. The zero-order chi connectivity index (χ0) is 16.6. The van der Waals surface area contributed by atoms with Crippen LogP contribution >= 0.6 is 0 Å². The minimum absolute atomic E-state index is 0.0698. The van der Waals surface area contributed by atoms with Crippen LogP contribution in [-0.4, -0.2) is 43.9 Å². The van der Waals surface area contributed by atoms with Crippen molar-refractivity contribution >= 4 is 25.7 Å². The maximum Gasteiger partial charge on any atom is 0.373 e. The first-order chi connectivity index (χ1) is 10.4. The van der Waals surface area contributed by atoms with Gasteiger partial charge in [-0.05, 0) is 19.0 Å². The van der Waals surface area contributed by atoms with Gasteiger partial charge < -0.3 is 19.1 Å². The fraction of sp³-hybridized carbons (Fsp3) is 0.467. The molecule has 2 N–H and O–H groups in total. The van der Waals surface area contributed by atoms with Crippen molar-refractivity contribution in [3.05, 3.63) is 30.3 Å². The maximum absolute atomic E-state index is 11.4. The van der Waals surface area contributed by atoms with E-state index >= 15 is 0 Å². The minimum Gasteiger partial charge on any atom is -0.481 e. The number of benzene rings is 1. The molecule has 0 aliphatic carbocycles. The van der Waals surface area contributed by atoms with Gasteiger partial charge in [-0.3, -0.25) is 9.59 Å². The molecule has 122 valence electrons. The van der Waals surface area contributed by atoms with Gasteiger partial charge in [-0.25, -0.2) is 0 Å². The lowest BCUT2D eigenvalue weighted by Gasteiger charge is -2.32. The lowest BCUT2D eigenvalue weighted by atomic mass is 10.1. The molecule has 0 aromatic heterocycles. The number of carboxylic acid groups (broad SMARTS) is 2. The van der Waals surface area contributed by atoms with Gasteiger partial charge in [0, 0.05) is 19.3 Å². The second-order valence-corrected chi connectivity index (χ2v) is 7.89. The van der Waals surface area contributed by atoms with Crippen molar-refractivity contribution in [1.29, 1.82) is 0 Å². The van der Waals surface area contributed by atoms with Crippen LogP contribution < -0.4 is 5.19 Å². The molecule has 0 fully saturated rings. The third-order valence-electron chi connectivity index (χ3n) is 3.25. The van der Waals surface area contributed by atoms with E-state index in [0.29, 0.717) is 13.2 Å². The molecule has 1 aromatic rings. The van der Waals surface area contributed by atoms with Gasteiger partial charge in [0.15, 0.2) is 0 Å². The molecule has 0 bridgehead atoms. The van der Waals surface area contributed by atoms with Crippen molar-refractivity contribution < 1.29 is 28.7 Å². The van der Waals surface area contributed by atoms with Gasteiger partial charge >= 0.3 is 20.5 Å². The first kappa shape index (κ1) is 18.3. The summed E-state index contributed by atoms with van der Waals surface area (Å²) in [5.74, 6) is -3.33. The summed E-state index contributed by atoms with van der Waals surface area (Å²) in [7, 11) is -3.01. The predicted molar refractivity (Wildman–Crippen MR) is 83.3 cm³/mol. The van der Waals surface area contributed by atoms with E-state index in [2.05, 4.69) is 0 Å². The molecule has 22 heavy (non-hydrogen) atoms. The van der Waals surface area contributed by atoms with Gasteiger partial charge in [0.1, 0.15) is 0 Å². The smallest absolute Gasteiger partial charge is 0.373 e. The molecule has 1 unspecified atom stereocenters. The fourth-order valence-electron chi connectivity index (χ4n) is 2.38. The van der Waals surface area contributed by atoms with E-state index in [1.807, 2.05) is 44.2 Å². The Morgan fingerprint density at radius 3 is 2.05 bits per heavy atom. The lowest BCUT2D eigenvalue weighted by Crippen LogP contribution is -2.55. The highest BCUT2D eigenvalue weighted by molar-refractivity contribution is 6.81. The second-order valence-electron chi connectivity index (χ2n) is 4.82. The van der Waals surface area contributed by atoms with Crippen molar-refractivity contribution in [3.63, 3.8) is 0 Å². The van der Waals surface area contributed by atoms with Crippen LogP contribution in [0.15, 0.2) is 30.3 Å². The number of carbonyl (C=O) groups is 2. The summed E-state index contributed by atoms with van der Waals surface area (Å²) in [4.78, 5) is 22.3. The van der Waals surface area contributed by atoms with Crippen LogP contribution in [0.5, 0.6) is 0 Å². The Bertz CT molecular complexity index is 484. The van der Waals surface area contributed by atoms with Crippen molar-refractivity contribution in [3.8, 4) is 0 Å². The van der Waals surface area contributed by atoms with E-state index in [4.69, 9.17) is 14.0 Å². The summed E-state index contributed by atoms with van der Waals surface area (Å²) < 4.78 is 11.8. The fourth-order valence-corrected chi connectivity index (χ4v) is 5.87. The highest BCUT2D eigenvalue weighted by Gasteiger charge is 2.44. The van der Waals surface area contributed by atoms with Crippen LogP contribution in [0, 0.1) is 5.92 Å². The van der Waals surface area contributed by atoms with Crippen LogP contribution in [0.1, 0.15) is 20.3 Å². The summed E-state index contributed by atoms with van der Waals surface area (Å²) >= 11 is 0. The molecule has 1 atom stereocenters. The standard InChI is InChI=1S/C15H22O6Si/c1-3-20-22(21-4-2,13-8-6-5-7-9-13)11-12(15(18)19)10-14(16)17/h5-9,12H,3-4,10-11H2,1-2H3,(H,16,17)(H,18,19). The molecular formula is C15H22O6Si. The third kappa shape index (κ3) is 4.94. The number of aliphatic carboxylic acids is 2. The van der Waals surface area contributed by atoms with Gasteiger partial charge in [0.2, 0.25) is 0 Å². The van der Waals surface area contributed by atoms with Gasteiger partial charge in [-0.1, -0.05) is 30.3 Å². The number of hydrogen-bond acceptors (Lipinski definition) is 4. The average Bonchev–Trinajstić information content (AvgIpc) is 2.47. The maximum atomic E-state index is 11.4. The Hall–Kier alpha value is -1.70. The molecule has 0 amide bonds. The lowest BCUT2D eigenvalue weighted by molar-refractivity contribution is -0.147. The van der Waals surface area contributed by atoms with E-state index in [0.717, 1.165) is 5.19 Å². The molecule has 6 nitrogen and oxygen atoms in total. The average molecular weight is 326 g/mol. The van der Waals surface area contributed by atoms with E-state index in [-0.39, 0.29) is 6.04 Å². The van der Waals surface area contributed by atoms with E-state index in [9.17, 15) is 14.7 Å². The highest BCUT2D eigenvalue weighted by atomic mass is 28.4. The first-order valence-corrected chi connectivity index (χ1v) is 9.25. The summed E-state index contributed by atoms with van der Waals surface area (Å²) in [5.41, 5.74) is 0. The molecule has 0 radical (unpaired) electrons. The number of hydrogen-bond donors (Lipinski definition) is 2. The molecule has 0 aliphatic heterocycles. The zero-order valence-corrected chi connectivity index (χ0v) is 13.8. The normalized spacial score (nSPS) is 12.8. The van der Waals surface area contributed by atoms with Crippen LogP contribution in [0.2, 0.25) is 6.04 Å². The Morgan fingerprint density at radius 1 is 1.09 bits per heavy atom. The summed E-state index contributed by atoms with van der Waals surface area (Å²) in [6, 6.07) is 9.28. The highest BCUT2D eigenvalue weighted by Crippen LogP contribution is 2.23. The molecule has 0 saturated carbocycles. The molecule has 0 saturated heterocycles. The number of rotatable bonds is 10. The minimum atomic E-state index is -3.01. The summed E-state index contributed by atoms with van der Waals surface area (Å²) in [5, 5.41) is 19.1. The van der Waals surface area contributed by atoms with Gasteiger partial charge in [0.05, 0.1) is 12.3 Å². The van der Waals surface area contributed by atoms with Crippen LogP contribution in [0.4, 0.5) is 0 Å². The van der Waals surface area contributed by atoms with Crippen LogP contribution in [0.3, 0.4) is 0 Å². The van der Waals surface area contributed by atoms with Crippen molar-refractivity contribution in [2.24, 2.45) is 5.92 Å². The zero-order valence-electron chi connectivity index (χ0n) is 12.8. The van der Waals surface area contributed by atoms with Gasteiger partial charge in [-0.15, -0.1) is 0 Å². The molecule has 1 aromatic carbocycles. The SMILES string of the molecule is CCO[Si](CC(CC(=O)O)C(=O)O)(OCC)c1ccccc1. The van der Waals surface area contributed by atoms with Gasteiger partial charge in [0.25, 0.3) is 0 Å². The van der Waals surface area contributed by atoms with E-state index < -0.39 is 32.8 Å². The van der Waals surface area contributed by atoms with E-state index in [1.165, 1.54) is 0 Å². The monoisotopic (exact) mass is 326 g/mol. The summed E-state index contributed by atoms with van der Waals surface area (Å²) in [6.07, 6.45) is -0.447. The summed E-state index contributed by atoms with van der Waals surface area (Å²) in [6.45, 7) is 4.38. The first-order valence-electron chi connectivity index (χ1n) is 7.23. The Labute approximate surface area is 130 Å². The van der Waals surface area contributed by atoms with Crippen LogP contribution in [-0.2, 0) is 18.4 Å². The van der Waals surface area contributed by atoms with E-state index in [1.54, 1.807) is 0 Å². The topological polar surface area (TPSA) is 93.1 Å². The second kappa shape index (κ2) is 8.67. The van der Waals surface area contributed by atoms with Crippen molar-refractivity contribution in [2.45, 2.75) is 26.3 Å². The molecule has 0 heterocycles. The molecule has 1 rings (SSSR count). The Morgan fingerprint density at radius 2 is 1.64 bits per heavy atom. The van der Waals surface area contributed by atoms with Crippen molar-refractivity contribution in [1.82, 2.24) is 0 Å². The van der Waals surface area contributed by atoms with Gasteiger partial charge in [-0.2, -0.15) is 0 Å². The molecule has 7 heteroatoms. The Balaban J connectivity index is 3.17. The van der Waals surface area contributed by atoms with Crippen LogP contribution in [0.25, 0.3) is 0 Å². The predicted octanol–water partition coefficient (Wildman–Crippen LogP) is 1.58. The molecular weight excluding hydrogens is 304 g/mol. The molecule has 0 aliphatic rings. The van der Waals surface area contributed by atoms with Crippen molar-refractivity contribution in [2.75, 3.05) is 13.2 Å². The molecule has 0 spiro atoms. The third-order valence-corrected chi connectivity index (χ3v) is 7.01. The quantitative estimate of drug-likeness (QED) is 0.634. The largest absolute Gasteiger partial charge is 0.481 e. The number of carboxylic acids is 2.